The fourth-order valence-corrected chi connectivity index (χ4v) is 3.00. The third-order valence-electron chi connectivity index (χ3n) is 3.02. The maximum absolute atomic E-state index is 11.5. The number of carbonyl (C=O) groups excluding carboxylic acids is 1. The quantitative estimate of drug-likeness (QED) is 0.729. The highest BCUT2D eigenvalue weighted by Gasteiger charge is 2.21. The van der Waals surface area contributed by atoms with Crippen LogP contribution >= 0.6 is 11.8 Å². The van der Waals surface area contributed by atoms with Gasteiger partial charge in [-0.15, -0.1) is 5.10 Å². The molecule has 0 unspecified atom stereocenters. The van der Waals surface area contributed by atoms with Gasteiger partial charge >= 0.3 is 0 Å². The SMILES string of the molecule is CCCC(=O)CSc1nnnn1C1CCCC1. The van der Waals surface area contributed by atoms with Gasteiger partial charge in [0.2, 0.25) is 5.16 Å². The van der Waals surface area contributed by atoms with Crippen LogP contribution in [0.2, 0.25) is 0 Å². The van der Waals surface area contributed by atoms with Crippen LogP contribution < -0.4 is 0 Å². The first-order chi connectivity index (χ1) is 8.31. The van der Waals surface area contributed by atoms with Crippen LogP contribution in [0.15, 0.2) is 5.16 Å². The summed E-state index contributed by atoms with van der Waals surface area (Å²) in [5.41, 5.74) is 0. The molecule has 6 heteroatoms. The van der Waals surface area contributed by atoms with Gasteiger partial charge < -0.3 is 0 Å². The Morgan fingerprint density at radius 1 is 1.47 bits per heavy atom. The molecule has 0 radical (unpaired) electrons. The number of hydrogen-bond donors (Lipinski definition) is 0. The topological polar surface area (TPSA) is 60.7 Å². The third-order valence-corrected chi connectivity index (χ3v) is 4.02. The largest absolute Gasteiger partial charge is 0.299 e. The molecule has 0 aliphatic heterocycles. The van der Waals surface area contributed by atoms with Gasteiger partial charge in [-0.1, -0.05) is 31.5 Å². The smallest absolute Gasteiger partial charge is 0.210 e. The highest BCUT2D eigenvalue weighted by Crippen LogP contribution is 2.31. The summed E-state index contributed by atoms with van der Waals surface area (Å²) in [7, 11) is 0. The highest BCUT2D eigenvalue weighted by atomic mass is 32.2. The average molecular weight is 254 g/mol. The van der Waals surface area contributed by atoms with E-state index in [1.807, 2.05) is 11.6 Å². The normalized spacial score (nSPS) is 16.5. The van der Waals surface area contributed by atoms with Gasteiger partial charge in [-0.2, -0.15) is 0 Å². The lowest BCUT2D eigenvalue weighted by Crippen LogP contribution is -2.09. The Balaban J connectivity index is 1.92. The summed E-state index contributed by atoms with van der Waals surface area (Å²) in [6, 6.07) is 0.439. The molecule has 0 amide bonds. The van der Waals surface area contributed by atoms with Crippen LogP contribution in [-0.2, 0) is 4.79 Å². The van der Waals surface area contributed by atoms with Crippen LogP contribution in [0.1, 0.15) is 51.5 Å². The molecule has 0 spiro atoms. The zero-order valence-electron chi connectivity index (χ0n) is 10.1. The molecule has 1 saturated carbocycles. The predicted octanol–water partition coefficient (Wildman–Crippen LogP) is 2.25. The molecular formula is C11H18N4OS. The number of thioether (sulfide) groups is 1. The average Bonchev–Trinajstić information content (AvgIpc) is 2.97. The minimum Gasteiger partial charge on any atom is -0.299 e. The van der Waals surface area contributed by atoms with E-state index in [9.17, 15) is 4.79 Å². The van der Waals surface area contributed by atoms with E-state index in [4.69, 9.17) is 0 Å². The molecule has 17 heavy (non-hydrogen) atoms. The number of ketones is 1. The summed E-state index contributed by atoms with van der Waals surface area (Å²) in [6.07, 6.45) is 6.38. The fourth-order valence-electron chi connectivity index (χ4n) is 2.15. The summed E-state index contributed by atoms with van der Waals surface area (Å²) < 4.78 is 1.90. The Bertz CT molecular complexity index is 373. The molecule has 0 atom stereocenters. The number of aromatic nitrogens is 4. The van der Waals surface area contributed by atoms with Crippen LogP contribution in [0.25, 0.3) is 0 Å². The second-order valence-corrected chi connectivity index (χ2v) is 5.36. The lowest BCUT2D eigenvalue weighted by atomic mass is 10.3. The maximum Gasteiger partial charge on any atom is 0.210 e. The van der Waals surface area contributed by atoms with E-state index in [0.717, 1.165) is 24.4 Å². The minimum absolute atomic E-state index is 0.276. The summed E-state index contributed by atoms with van der Waals surface area (Å²) in [6.45, 7) is 2.02. The Hall–Kier alpha value is -0.910. The Morgan fingerprint density at radius 2 is 2.24 bits per heavy atom. The second kappa shape index (κ2) is 6.14. The van der Waals surface area contributed by atoms with Crippen LogP contribution in [0.4, 0.5) is 0 Å². The molecule has 1 heterocycles. The zero-order chi connectivity index (χ0) is 12.1. The van der Waals surface area contributed by atoms with Crippen LogP contribution in [0.3, 0.4) is 0 Å². The molecule has 0 N–H and O–H groups in total. The molecule has 1 aromatic heterocycles. The Morgan fingerprint density at radius 3 is 2.94 bits per heavy atom. The van der Waals surface area contributed by atoms with Crippen molar-refractivity contribution in [2.75, 3.05) is 5.75 Å². The van der Waals surface area contributed by atoms with Gasteiger partial charge in [0.25, 0.3) is 0 Å². The molecule has 0 saturated heterocycles. The van der Waals surface area contributed by atoms with Gasteiger partial charge in [-0.05, 0) is 29.7 Å². The lowest BCUT2D eigenvalue weighted by molar-refractivity contribution is -0.116. The van der Waals surface area contributed by atoms with Crippen molar-refractivity contribution in [3.63, 3.8) is 0 Å². The van der Waals surface area contributed by atoms with E-state index in [-0.39, 0.29) is 5.78 Å². The number of rotatable bonds is 6. The van der Waals surface area contributed by atoms with Crippen molar-refractivity contribution in [3.05, 3.63) is 0 Å². The van der Waals surface area contributed by atoms with Gasteiger partial charge in [0.1, 0.15) is 5.78 Å². The minimum atomic E-state index is 0.276. The summed E-state index contributed by atoms with van der Waals surface area (Å²) in [5, 5.41) is 12.6. The third kappa shape index (κ3) is 3.28. The van der Waals surface area contributed by atoms with Gasteiger partial charge in [-0.3, -0.25) is 4.79 Å². The number of Topliss-reactive ketones (excluding diaryl/α,β-unsaturated/α-hetero) is 1. The summed E-state index contributed by atoms with van der Waals surface area (Å²) in [5.74, 6) is 0.763. The first-order valence-electron chi connectivity index (χ1n) is 6.23. The number of nitrogens with zero attached hydrogens (tertiary/aromatic N) is 4. The van der Waals surface area contributed by atoms with Gasteiger partial charge in [-0.25, -0.2) is 4.68 Å². The standard InChI is InChI=1S/C11H18N4OS/c1-2-5-10(16)8-17-11-12-13-14-15(11)9-6-3-4-7-9/h9H,2-8H2,1H3. The number of tetrazole rings is 1. The van der Waals surface area contributed by atoms with Gasteiger partial charge in [0.15, 0.2) is 0 Å². The molecule has 1 aliphatic carbocycles. The lowest BCUT2D eigenvalue weighted by Gasteiger charge is -2.10. The van der Waals surface area contributed by atoms with Gasteiger partial charge in [0.05, 0.1) is 11.8 Å². The molecule has 2 rings (SSSR count). The van der Waals surface area contributed by atoms with Crippen molar-refractivity contribution in [1.82, 2.24) is 20.2 Å². The van der Waals surface area contributed by atoms with Crippen LogP contribution in [0, 0.1) is 0 Å². The summed E-state index contributed by atoms with van der Waals surface area (Å²) in [4.78, 5) is 11.5. The van der Waals surface area contributed by atoms with Crippen molar-refractivity contribution in [3.8, 4) is 0 Å². The first kappa shape index (κ1) is 12.5. The molecule has 1 aromatic rings. The van der Waals surface area contributed by atoms with E-state index in [1.54, 1.807) is 0 Å². The first-order valence-corrected chi connectivity index (χ1v) is 7.22. The molecular weight excluding hydrogens is 236 g/mol. The van der Waals surface area contributed by atoms with E-state index in [1.165, 1.54) is 24.6 Å². The fraction of sp³-hybridized carbons (Fsp3) is 0.818. The number of carbonyl (C=O) groups is 1. The second-order valence-electron chi connectivity index (χ2n) is 4.42. The van der Waals surface area contributed by atoms with Crippen LogP contribution in [-0.4, -0.2) is 31.7 Å². The molecule has 0 aromatic carbocycles. The molecule has 0 bridgehead atoms. The zero-order valence-corrected chi connectivity index (χ0v) is 10.9. The van der Waals surface area contributed by atoms with Crippen LogP contribution in [0.5, 0.6) is 0 Å². The van der Waals surface area contributed by atoms with Crippen molar-refractivity contribution in [2.45, 2.75) is 56.6 Å². The van der Waals surface area contributed by atoms with E-state index < -0.39 is 0 Å². The number of hydrogen-bond acceptors (Lipinski definition) is 5. The predicted molar refractivity (Wildman–Crippen MR) is 66.0 cm³/mol. The Kier molecular flexibility index (Phi) is 4.53. The molecule has 1 fully saturated rings. The molecule has 5 nitrogen and oxygen atoms in total. The van der Waals surface area contributed by atoms with Crippen molar-refractivity contribution < 1.29 is 4.79 Å². The molecule has 1 aliphatic rings. The van der Waals surface area contributed by atoms with Gasteiger partial charge in [0, 0.05) is 6.42 Å². The van der Waals surface area contributed by atoms with Crippen molar-refractivity contribution in [1.29, 1.82) is 0 Å². The molecule has 94 valence electrons. The van der Waals surface area contributed by atoms with Crippen molar-refractivity contribution in [2.24, 2.45) is 0 Å². The highest BCUT2D eigenvalue weighted by molar-refractivity contribution is 7.99. The van der Waals surface area contributed by atoms with E-state index >= 15 is 0 Å². The summed E-state index contributed by atoms with van der Waals surface area (Å²) >= 11 is 1.47. The van der Waals surface area contributed by atoms with Crippen molar-refractivity contribution >= 4 is 17.5 Å². The Labute approximate surface area is 105 Å². The monoisotopic (exact) mass is 254 g/mol. The maximum atomic E-state index is 11.5. The van der Waals surface area contributed by atoms with E-state index in [0.29, 0.717) is 18.2 Å². The van der Waals surface area contributed by atoms with E-state index in [2.05, 4.69) is 15.5 Å².